The lowest BCUT2D eigenvalue weighted by molar-refractivity contribution is 0.201. The summed E-state index contributed by atoms with van der Waals surface area (Å²) in [6.45, 7) is 4.32. The van der Waals surface area contributed by atoms with Crippen molar-refractivity contribution in [1.29, 1.82) is 0 Å². The summed E-state index contributed by atoms with van der Waals surface area (Å²) < 4.78 is 0. The maximum Gasteiger partial charge on any atom is 0.104 e. The molecule has 1 aromatic carbocycles. The molecule has 1 fully saturated rings. The Hall–Kier alpha value is -1.39. The van der Waals surface area contributed by atoms with E-state index in [1.54, 1.807) is 0 Å². The van der Waals surface area contributed by atoms with Crippen LogP contribution in [-0.4, -0.2) is 34.8 Å². The van der Waals surface area contributed by atoms with E-state index in [0.29, 0.717) is 5.92 Å². The van der Waals surface area contributed by atoms with Gasteiger partial charge in [0.2, 0.25) is 0 Å². The van der Waals surface area contributed by atoms with E-state index < -0.39 is 0 Å². The van der Waals surface area contributed by atoms with Crippen LogP contribution in [0.5, 0.6) is 0 Å². The lowest BCUT2D eigenvalue weighted by Gasteiger charge is -2.29. The number of hydrogen-bond donors (Lipinski definition) is 3. The van der Waals surface area contributed by atoms with Crippen LogP contribution in [0.15, 0.2) is 18.2 Å². The molecule has 1 aromatic heterocycles. The number of hydrogen-bond acceptors (Lipinski definition) is 3. The topological polar surface area (TPSA) is 60.9 Å². The van der Waals surface area contributed by atoms with Crippen molar-refractivity contribution in [2.45, 2.75) is 25.7 Å². The van der Waals surface area contributed by atoms with Crippen molar-refractivity contribution in [3.05, 3.63) is 29.6 Å². The molecule has 1 saturated heterocycles. The molecule has 4 nitrogen and oxygen atoms in total. The van der Waals surface area contributed by atoms with Gasteiger partial charge in [-0.1, -0.05) is 6.07 Å². The lowest BCUT2D eigenvalue weighted by Crippen LogP contribution is -2.32. The molecule has 4 heteroatoms. The fourth-order valence-corrected chi connectivity index (χ4v) is 3.16. The third kappa shape index (κ3) is 2.51. The van der Waals surface area contributed by atoms with Gasteiger partial charge in [0.15, 0.2) is 0 Å². The number of H-pyrrole nitrogens is 1. The molecule has 102 valence electrons. The third-order valence-corrected chi connectivity index (χ3v) is 4.20. The molecule has 0 aliphatic carbocycles. The fourth-order valence-electron chi connectivity index (χ4n) is 3.16. The molecule has 1 unspecified atom stereocenters. The number of piperidine rings is 1. The molecule has 0 saturated carbocycles. The quantitative estimate of drug-likeness (QED) is 0.789. The minimum Gasteiger partial charge on any atom is -0.396 e. The smallest absolute Gasteiger partial charge is 0.104 e. The maximum atomic E-state index is 9.76. The van der Waals surface area contributed by atoms with Gasteiger partial charge in [-0.2, -0.15) is 0 Å². The van der Waals surface area contributed by atoms with E-state index in [1.165, 1.54) is 5.56 Å². The number of aryl methyl sites for hydroxylation is 1. The van der Waals surface area contributed by atoms with Crippen LogP contribution < -0.4 is 5.32 Å². The van der Waals surface area contributed by atoms with Crippen LogP contribution in [0.25, 0.3) is 11.0 Å². The van der Waals surface area contributed by atoms with Crippen molar-refractivity contribution in [2.75, 3.05) is 19.7 Å². The van der Waals surface area contributed by atoms with Gasteiger partial charge in [0, 0.05) is 5.92 Å². The van der Waals surface area contributed by atoms with Gasteiger partial charge in [0.05, 0.1) is 17.6 Å². The molecule has 0 bridgehead atoms. The normalized spacial score (nSPS) is 18.8. The van der Waals surface area contributed by atoms with Crippen LogP contribution in [0.3, 0.4) is 0 Å². The summed E-state index contributed by atoms with van der Waals surface area (Å²) in [5, 5.41) is 13.1. The van der Waals surface area contributed by atoms with Gasteiger partial charge in [-0.25, -0.2) is 4.98 Å². The van der Waals surface area contributed by atoms with E-state index >= 15 is 0 Å². The highest BCUT2D eigenvalue weighted by Gasteiger charge is 2.24. The van der Waals surface area contributed by atoms with Crippen molar-refractivity contribution < 1.29 is 5.11 Å². The zero-order chi connectivity index (χ0) is 13.2. The molecule has 1 aliphatic heterocycles. The first-order valence-electron chi connectivity index (χ1n) is 7.06. The molecule has 3 N–H and O–H groups in total. The Morgan fingerprint density at radius 3 is 2.89 bits per heavy atom. The molecule has 1 aliphatic rings. The number of nitrogens with one attached hydrogen (secondary N) is 2. The molecule has 0 radical (unpaired) electrons. The van der Waals surface area contributed by atoms with Crippen molar-refractivity contribution in [1.82, 2.24) is 15.3 Å². The lowest BCUT2D eigenvalue weighted by atomic mass is 9.81. The van der Waals surface area contributed by atoms with Crippen LogP contribution in [0.4, 0.5) is 0 Å². The summed E-state index contributed by atoms with van der Waals surface area (Å²) in [7, 11) is 0. The highest BCUT2D eigenvalue weighted by molar-refractivity contribution is 5.76. The Balaban J connectivity index is 1.91. The monoisotopic (exact) mass is 259 g/mol. The van der Waals surface area contributed by atoms with E-state index in [4.69, 9.17) is 0 Å². The van der Waals surface area contributed by atoms with Crippen LogP contribution in [0, 0.1) is 12.8 Å². The Morgan fingerprint density at radius 2 is 2.16 bits per heavy atom. The molecule has 19 heavy (non-hydrogen) atoms. The molecule has 0 spiro atoms. The number of nitrogens with zero attached hydrogens (tertiary/aromatic N) is 1. The predicted octanol–water partition coefficient (Wildman–Crippen LogP) is 1.95. The third-order valence-electron chi connectivity index (χ3n) is 4.20. The summed E-state index contributed by atoms with van der Waals surface area (Å²) in [5.74, 6) is 1.76. The van der Waals surface area contributed by atoms with Crippen LogP contribution in [0.1, 0.15) is 30.1 Å². The van der Waals surface area contributed by atoms with Crippen molar-refractivity contribution >= 4 is 11.0 Å². The number of aliphatic hydroxyl groups is 1. The SMILES string of the molecule is Cc1nc2ccc(C(CO)C3CCNCC3)cc2[nH]1. The van der Waals surface area contributed by atoms with Gasteiger partial charge in [-0.15, -0.1) is 0 Å². The average Bonchev–Trinajstić information content (AvgIpc) is 2.80. The number of rotatable bonds is 3. The first-order valence-corrected chi connectivity index (χ1v) is 7.06. The summed E-state index contributed by atoms with van der Waals surface area (Å²) in [6, 6.07) is 6.32. The summed E-state index contributed by atoms with van der Waals surface area (Å²) in [6.07, 6.45) is 2.29. The van der Waals surface area contributed by atoms with E-state index in [2.05, 4.69) is 33.5 Å². The largest absolute Gasteiger partial charge is 0.396 e. The number of imidazole rings is 1. The van der Waals surface area contributed by atoms with Gasteiger partial charge in [0.25, 0.3) is 0 Å². The van der Waals surface area contributed by atoms with Gasteiger partial charge >= 0.3 is 0 Å². The fraction of sp³-hybridized carbons (Fsp3) is 0.533. The second-order valence-corrected chi connectivity index (χ2v) is 5.48. The van der Waals surface area contributed by atoms with E-state index in [0.717, 1.165) is 42.8 Å². The summed E-state index contributed by atoms with van der Waals surface area (Å²) >= 11 is 0. The van der Waals surface area contributed by atoms with Crippen LogP contribution in [0.2, 0.25) is 0 Å². The van der Waals surface area contributed by atoms with Gasteiger partial charge in [0.1, 0.15) is 5.82 Å². The Morgan fingerprint density at radius 1 is 1.37 bits per heavy atom. The zero-order valence-electron chi connectivity index (χ0n) is 11.3. The van der Waals surface area contributed by atoms with Crippen LogP contribution in [-0.2, 0) is 0 Å². The second kappa shape index (κ2) is 5.31. The van der Waals surface area contributed by atoms with Crippen molar-refractivity contribution in [3.63, 3.8) is 0 Å². The van der Waals surface area contributed by atoms with Crippen molar-refractivity contribution in [3.8, 4) is 0 Å². The van der Waals surface area contributed by atoms with E-state index in [1.807, 2.05) is 6.92 Å². The highest BCUT2D eigenvalue weighted by atomic mass is 16.3. The Labute approximate surface area is 113 Å². The molecule has 0 amide bonds. The zero-order valence-corrected chi connectivity index (χ0v) is 11.3. The maximum absolute atomic E-state index is 9.76. The molecule has 3 rings (SSSR count). The standard InChI is InChI=1S/C15H21N3O/c1-10-17-14-3-2-12(8-15(14)18-10)13(9-19)11-4-6-16-7-5-11/h2-3,8,11,13,16,19H,4-7,9H2,1H3,(H,17,18). The minimum atomic E-state index is 0.225. The predicted molar refractivity (Wildman–Crippen MR) is 76.3 cm³/mol. The minimum absolute atomic E-state index is 0.225. The van der Waals surface area contributed by atoms with E-state index in [9.17, 15) is 5.11 Å². The Bertz CT molecular complexity index is 558. The molecular weight excluding hydrogens is 238 g/mol. The van der Waals surface area contributed by atoms with Crippen molar-refractivity contribution in [2.24, 2.45) is 5.92 Å². The number of benzene rings is 1. The first kappa shape index (κ1) is 12.6. The van der Waals surface area contributed by atoms with Gasteiger partial charge in [-0.05, 0) is 56.5 Å². The number of aliphatic hydroxyl groups excluding tert-OH is 1. The number of fused-ring (bicyclic) bond motifs is 1. The average molecular weight is 259 g/mol. The van der Waals surface area contributed by atoms with Crippen LogP contribution >= 0.6 is 0 Å². The van der Waals surface area contributed by atoms with E-state index in [-0.39, 0.29) is 12.5 Å². The first-order chi connectivity index (χ1) is 9.28. The molecule has 2 heterocycles. The highest BCUT2D eigenvalue weighted by Crippen LogP contribution is 2.31. The molecule has 2 aromatic rings. The Kier molecular flexibility index (Phi) is 3.53. The number of aromatic amines is 1. The van der Waals surface area contributed by atoms with Gasteiger partial charge < -0.3 is 15.4 Å². The van der Waals surface area contributed by atoms with Gasteiger partial charge in [-0.3, -0.25) is 0 Å². The second-order valence-electron chi connectivity index (χ2n) is 5.48. The molecular formula is C15H21N3O. The summed E-state index contributed by atoms with van der Waals surface area (Å²) in [5.41, 5.74) is 3.30. The molecule has 1 atom stereocenters. The number of aromatic nitrogens is 2. The summed E-state index contributed by atoms with van der Waals surface area (Å²) in [4.78, 5) is 7.70.